The van der Waals surface area contributed by atoms with Crippen LogP contribution in [0.5, 0.6) is 0 Å². The predicted octanol–water partition coefficient (Wildman–Crippen LogP) is 5.10. The van der Waals surface area contributed by atoms with E-state index < -0.39 is 0 Å². The van der Waals surface area contributed by atoms with Crippen LogP contribution in [-0.4, -0.2) is 11.9 Å². The second-order valence-electron chi connectivity index (χ2n) is 5.16. The maximum absolute atomic E-state index is 13.0. The third-order valence-corrected chi connectivity index (χ3v) is 4.52. The van der Waals surface area contributed by atoms with Gasteiger partial charge in [-0.05, 0) is 71.6 Å². The van der Waals surface area contributed by atoms with Crippen LogP contribution in [0.25, 0.3) is 0 Å². The molecule has 2 rings (SSSR count). The summed E-state index contributed by atoms with van der Waals surface area (Å²) in [5, 5.41) is 2.94. The van der Waals surface area contributed by atoms with Crippen molar-refractivity contribution in [2.45, 2.75) is 25.8 Å². The molecule has 5 heteroatoms. The number of carbonyl (C=O) groups is 1. The molecule has 1 amide bonds. The standard InChI is InChI=1S/C17H16Br2FNO/c1-11(2-3-12-4-6-13(18)7-5-12)21-17(22)15-9-8-14(20)10-16(15)19/h4-11H,2-3H2,1H3,(H,21,22). The van der Waals surface area contributed by atoms with Crippen molar-refractivity contribution in [3.63, 3.8) is 0 Å². The van der Waals surface area contributed by atoms with E-state index in [1.807, 2.05) is 19.1 Å². The highest BCUT2D eigenvalue weighted by Gasteiger charge is 2.13. The minimum Gasteiger partial charge on any atom is -0.350 e. The van der Waals surface area contributed by atoms with E-state index in [9.17, 15) is 9.18 Å². The van der Waals surface area contributed by atoms with E-state index in [1.165, 1.54) is 23.8 Å². The van der Waals surface area contributed by atoms with Gasteiger partial charge in [-0.15, -0.1) is 0 Å². The van der Waals surface area contributed by atoms with Gasteiger partial charge in [-0.3, -0.25) is 4.79 Å². The Hall–Kier alpha value is -1.20. The first-order chi connectivity index (χ1) is 10.5. The third kappa shape index (κ3) is 4.92. The summed E-state index contributed by atoms with van der Waals surface area (Å²) in [6.07, 6.45) is 1.73. The lowest BCUT2D eigenvalue weighted by molar-refractivity contribution is 0.0937. The molecule has 1 unspecified atom stereocenters. The number of nitrogens with one attached hydrogen (secondary N) is 1. The summed E-state index contributed by atoms with van der Waals surface area (Å²) in [7, 11) is 0. The Morgan fingerprint density at radius 3 is 2.50 bits per heavy atom. The van der Waals surface area contributed by atoms with Crippen LogP contribution < -0.4 is 5.32 Å². The molecule has 2 nitrogen and oxygen atoms in total. The Morgan fingerprint density at radius 1 is 1.18 bits per heavy atom. The predicted molar refractivity (Wildman–Crippen MR) is 93.5 cm³/mol. The van der Waals surface area contributed by atoms with E-state index in [0.717, 1.165) is 17.3 Å². The maximum atomic E-state index is 13.0. The normalized spacial score (nSPS) is 12.0. The minimum absolute atomic E-state index is 0.0353. The number of hydrogen-bond acceptors (Lipinski definition) is 1. The molecule has 0 fully saturated rings. The molecule has 0 saturated heterocycles. The average molecular weight is 429 g/mol. The summed E-state index contributed by atoms with van der Waals surface area (Å²) in [5.41, 5.74) is 1.67. The number of hydrogen-bond donors (Lipinski definition) is 1. The molecule has 0 aliphatic carbocycles. The van der Waals surface area contributed by atoms with Crippen molar-refractivity contribution in [1.29, 1.82) is 0 Å². The van der Waals surface area contributed by atoms with Crippen molar-refractivity contribution >= 4 is 37.8 Å². The topological polar surface area (TPSA) is 29.1 Å². The number of amides is 1. The van der Waals surface area contributed by atoms with Crippen LogP contribution in [0.1, 0.15) is 29.3 Å². The van der Waals surface area contributed by atoms with Crippen LogP contribution in [0.15, 0.2) is 51.4 Å². The van der Waals surface area contributed by atoms with Crippen LogP contribution >= 0.6 is 31.9 Å². The van der Waals surface area contributed by atoms with Gasteiger partial charge in [0.25, 0.3) is 5.91 Å². The van der Waals surface area contributed by atoms with Gasteiger partial charge in [-0.25, -0.2) is 4.39 Å². The Balaban J connectivity index is 1.89. The molecule has 2 aromatic rings. The van der Waals surface area contributed by atoms with Crippen LogP contribution in [0.4, 0.5) is 4.39 Å². The lowest BCUT2D eigenvalue weighted by atomic mass is 10.1. The summed E-state index contributed by atoms with van der Waals surface area (Å²) >= 11 is 6.62. The van der Waals surface area contributed by atoms with Gasteiger partial charge < -0.3 is 5.32 Å². The first kappa shape index (κ1) is 17.2. The van der Waals surface area contributed by atoms with Crippen molar-refractivity contribution in [3.05, 3.63) is 68.4 Å². The largest absolute Gasteiger partial charge is 0.350 e. The highest BCUT2D eigenvalue weighted by atomic mass is 79.9. The van der Waals surface area contributed by atoms with Gasteiger partial charge in [0.1, 0.15) is 5.82 Å². The molecule has 0 aromatic heterocycles. The van der Waals surface area contributed by atoms with Gasteiger partial charge in [0.05, 0.1) is 5.56 Å². The average Bonchev–Trinajstić information content (AvgIpc) is 2.46. The first-order valence-electron chi connectivity index (χ1n) is 6.96. The molecular weight excluding hydrogens is 413 g/mol. The van der Waals surface area contributed by atoms with Gasteiger partial charge in [-0.1, -0.05) is 28.1 Å². The van der Waals surface area contributed by atoms with Crippen LogP contribution in [0.3, 0.4) is 0 Å². The van der Waals surface area contributed by atoms with Crippen molar-refractivity contribution in [3.8, 4) is 0 Å². The molecule has 1 N–H and O–H groups in total. The van der Waals surface area contributed by atoms with Crippen molar-refractivity contribution in [1.82, 2.24) is 5.32 Å². The number of carbonyl (C=O) groups excluding carboxylic acids is 1. The van der Waals surface area contributed by atoms with Crippen molar-refractivity contribution < 1.29 is 9.18 Å². The molecule has 0 bridgehead atoms. The zero-order valence-electron chi connectivity index (χ0n) is 12.1. The van der Waals surface area contributed by atoms with Crippen molar-refractivity contribution in [2.75, 3.05) is 0 Å². The molecule has 116 valence electrons. The molecule has 0 aliphatic heterocycles. The Bertz CT molecular complexity index is 658. The highest BCUT2D eigenvalue weighted by molar-refractivity contribution is 9.10. The molecule has 0 heterocycles. The van der Waals surface area contributed by atoms with Crippen LogP contribution in [-0.2, 0) is 6.42 Å². The molecule has 0 saturated carbocycles. The Morgan fingerprint density at radius 2 is 1.86 bits per heavy atom. The molecule has 0 spiro atoms. The monoisotopic (exact) mass is 427 g/mol. The lowest BCUT2D eigenvalue weighted by Crippen LogP contribution is -2.33. The quantitative estimate of drug-likeness (QED) is 0.704. The second-order valence-corrected chi connectivity index (χ2v) is 6.93. The summed E-state index contributed by atoms with van der Waals surface area (Å²) in [6, 6.07) is 12.2. The fourth-order valence-corrected chi connectivity index (χ4v) is 2.88. The van der Waals surface area contributed by atoms with Crippen molar-refractivity contribution in [2.24, 2.45) is 0 Å². The van der Waals surface area contributed by atoms with Gasteiger partial charge in [-0.2, -0.15) is 0 Å². The molecule has 2 aromatic carbocycles. The molecule has 22 heavy (non-hydrogen) atoms. The highest BCUT2D eigenvalue weighted by Crippen LogP contribution is 2.18. The molecule has 0 aliphatic rings. The van der Waals surface area contributed by atoms with E-state index in [2.05, 4.69) is 49.3 Å². The smallest absolute Gasteiger partial charge is 0.252 e. The van der Waals surface area contributed by atoms with Crippen LogP contribution in [0, 0.1) is 5.82 Å². The van der Waals surface area contributed by atoms with E-state index in [-0.39, 0.29) is 17.8 Å². The molecule has 0 radical (unpaired) electrons. The SMILES string of the molecule is CC(CCc1ccc(Br)cc1)NC(=O)c1ccc(F)cc1Br. The van der Waals surface area contributed by atoms with Gasteiger partial charge >= 0.3 is 0 Å². The zero-order valence-corrected chi connectivity index (χ0v) is 15.2. The van der Waals surface area contributed by atoms with Crippen LogP contribution in [0.2, 0.25) is 0 Å². The lowest BCUT2D eigenvalue weighted by Gasteiger charge is -2.14. The third-order valence-electron chi connectivity index (χ3n) is 3.33. The Labute approximate surface area is 146 Å². The summed E-state index contributed by atoms with van der Waals surface area (Å²) in [4.78, 5) is 12.2. The number of benzene rings is 2. The molecule has 1 atom stereocenters. The van der Waals surface area contributed by atoms with Gasteiger partial charge in [0.2, 0.25) is 0 Å². The second kappa shape index (κ2) is 7.88. The maximum Gasteiger partial charge on any atom is 0.252 e. The minimum atomic E-state index is -0.369. The summed E-state index contributed by atoms with van der Waals surface area (Å²) < 4.78 is 14.6. The zero-order chi connectivity index (χ0) is 16.1. The number of rotatable bonds is 5. The van der Waals surface area contributed by atoms with E-state index in [0.29, 0.717) is 10.0 Å². The van der Waals surface area contributed by atoms with Gasteiger partial charge in [0, 0.05) is 15.0 Å². The molecular formula is C17H16Br2FNO. The van der Waals surface area contributed by atoms with E-state index in [4.69, 9.17) is 0 Å². The summed E-state index contributed by atoms with van der Waals surface area (Å²) in [5.74, 6) is -0.568. The van der Waals surface area contributed by atoms with E-state index in [1.54, 1.807) is 0 Å². The fraction of sp³-hybridized carbons (Fsp3) is 0.235. The first-order valence-corrected chi connectivity index (χ1v) is 8.54. The summed E-state index contributed by atoms with van der Waals surface area (Å²) in [6.45, 7) is 1.97. The van der Waals surface area contributed by atoms with Gasteiger partial charge in [0.15, 0.2) is 0 Å². The van der Waals surface area contributed by atoms with E-state index >= 15 is 0 Å². The number of aryl methyl sites for hydroxylation is 1. The Kier molecular flexibility index (Phi) is 6.15. The fourth-order valence-electron chi connectivity index (χ4n) is 2.08. The number of halogens is 3.